The van der Waals surface area contributed by atoms with Gasteiger partial charge in [0.2, 0.25) is 0 Å². The fourth-order valence-electron chi connectivity index (χ4n) is 2.75. The normalized spacial score (nSPS) is 11.5. The van der Waals surface area contributed by atoms with Crippen LogP contribution >= 0.6 is 0 Å². The highest BCUT2D eigenvalue weighted by atomic mass is 16.3. The zero-order valence-corrected chi connectivity index (χ0v) is 14.6. The molecule has 0 radical (unpaired) electrons. The number of carbonyl (C=O) groups excluding carboxylic acids is 1. The van der Waals surface area contributed by atoms with Gasteiger partial charge in [-0.2, -0.15) is 5.10 Å². The van der Waals surface area contributed by atoms with E-state index in [0.29, 0.717) is 28.2 Å². The lowest BCUT2D eigenvalue weighted by molar-refractivity contribution is 0.0956. The van der Waals surface area contributed by atoms with Crippen LogP contribution in [0.2, 0.25) is 0 Å². The summed E-state index contributed by atoms with van der Waals surface area (Å²) in [5, 5.41) is 4.95. The quantitative estimate of drug-likeness (QED) is 0.442. The molecule has 0 atom stereocenters. The Morgan fingerprint density at radius 1 is 1.11 bits per heavy atom. The van der Waals surface area contributed by atoms with E-state index in [0.717, 1.165) is 10.9 Å². The number of aromatic nitrogens is 2. The molecule has 0 aliphatic carbocycles. The maximum absolute atomic E-state index is 12.8. The van der Waals surface area contributed by atoms with Crippen LogP contribution in [-0.4, -0.2) is 21.6 Å². The molecule has 1 aromatic carbocycles. The van der Waals surface area contributed by atoms with Crippen molar-refractivity contribution in [1.82, 2.24) is 15.4 Å². The maximum atomic E-state index is 12.8. The molecular formula is C21H16N4O2. The summed E-state index contributed by atoms with van der Waals surface area (Å²) >= 11 is 0. The molecule has 1 N–H and O–H groups in total. The zero-order chi connectivity index (χ0) is 18.6. The predicted octanol–water partition coefficient (Wildman–Crippen LogP) is 4.04. The van der Waals surface area contributed by atoms with Gasteiger partial charge in [-0.25, -0.2) is 10.4 Å². The minimum atomic E-state index is -0.315. The van der Waals surface area contributed by atoms with E-state index in [2.05, 4.69) is 20.5 Å². The molecule has 1 amide bonds. The van der Waals surface area contributed by atoms with Crippen LogP contribution in [0.4, 0.5) is 0 Å². The summed E-state index contributed by atoms with van der Waals surface area (Å²) in [5.74, 6) is 0.287. The third kappa shape index (κ3) is 3.46. The van der Waals surface area contributed by atoms with Crippen LogP contribution in [0.3, 0.4) is 0 Å². The molecule has 0 saturated heterocycles. The number of carbonyl (C=O) groups is 1. The molecule has 0 spiro atoms. The van der Waals surface area contributed by atoms with Gasteiger partial charge in [-0.05, 0) is 37.3 Å². The van der Waals surface area contributed by atoms with E-state index in [1.165, 1.54) is 0 Å². The largest absolute Gasteiger partial charge is 0.463 e. The summed E-state index contributed by atoms with van der Waals surface area (Å²) in [6.07, 6.45) is 4.96. The molecule has 0 saturated carbocycles. The third-order valence-electron chi connectivity index (χ3n) is 4.14. The average Bonchev–Trinajstić information content (AvgIpc) is 3.26. The Labute approximate surface area is 155 Å². The number of furan rings is 1. The summed E-state index contributed by atoms with van der Waals surface area (Å²) in [5.41, 5.74) is 5.92. The van der Waals surface area contributed by atoms with Crippen molar-refractivity contribution in [3.8, 4) is 11.5 Å². The first kappa shape index (κ1) is 16.7. The van der Waals surface area contributed by atoms with Crippen LogP contribution in [0.5, 0.6) is 0 Å². The van der Waals surface area contributed by atoms with E-state index in [1.807, 2.05) is 49.4 Å². The highest BCUT2D eigenvalue weighted by Gasteiger charge is 2.14. The lowest BCUT2D eigenvalue weighted by Gasteiger charge is -2.08. The molecule has 0 fully saturated rings. The van der Waals surface area contributed by atoms with Crippen molar-refractivity contribution in [3.05, 3.63) is 84.4 Å². The van der Waals surface area contributed by atoms with E-state index < -0.39 is 0 Å². The van der Waals surface area contributed by atoms with Gasteiger partial charge in [-0.3, -0.25) is 9.78 Å². The van der Waals surface area contributed by atoms with Gasteiger partial charge in [0.1, 0.15) is 5.69 Å². The third-order valence-corrected chi connectivity index (χ3v) is 4.14. The molecule has 3 heterocycles. The van der Waals surface area contributed by atoms with Gasteiger partial charge in [-0.1, -0.05) is 24.3 Å². The molecule has 6 heteroatoms. The molecule has 0 aliphatic heterocycles. The molecule has 6 nitrogen and oxygen atoms in total. The number of amides is 1. The lowest BCUT2D eigenvalue weighted by Crippen LogP contribution is -2.20. The maximum Gasteiger partial charge on any atom is 0.272 e. The van der Waals surface area contributed by atoms with Gasteiger partial charge in [0.15, 0.2) is 5.76 Å². The van der Waals surface area contributed by atoms with E-state index in [1.54, 1.807) is 30.8 Å². The Morgan fingerprint density at radius 2 is 2.00 bits per heavy atom. The van der Waals surface area contributed by atoms with Crippen molar-refractivity contribution in [3.63, 3.8) is 0 Å². The van der Waals surface area contributed by atoms with Gasteiger partial charge in [0.25, 0.3) is 5.91 Å². The van der Waals surface area contributed by atoms with Gasteiger partial charge < -0.3 is 4.42 Å². The molecule has 0 bridgehead atoms. The van der Waals surface area contributed by atoms with Crippen LogP contribution in [0.25, 0.3) is 22.4 Å². The number of pyridine rings is 2. The van der Waals surface area contributed by atoms with Crippen LogP contribution in [0, 0.1) is 0 Å². The van der Waals surface area contributed by atoms with Crippen LogP contribution in [0.15, 0.2) is 82.8 Å². The molecule has 27 heavy (non-hydrogen) atoms. The molecule has 3 aromatic heterocycles. The monoisotopic (exact) mass is 356 g/mol. The molecule has 0 aliphatic rings. The van der Waals surface area contributed by atoms with Crippen LogP contribution < -0.4 is 5.43 Å². The van der Waals surface area contributed by atoms with Crippen LogP contribution in [0.1, 0.15) is 22.8 Å². The highest BCUT2D eigenvalue weighted by Crippen LogP contribution is 2.25. The number of para-hydroxylation sites is 1. The number of hydrazone groups is 1. The zero-order valence-electron chi connectivity index (χ0n) is 14.6. The summed E-state index contributed by atoms with van der Waals surface area (Å²) in [7, 11) is 0. The minimum Gasteiger partial charge on any atom is -0.463 e. The van der Waals surface area contributed by atoms with E-state index in [-0.39, 0.29) is 5.91 Å². The average molecular weight is 356 g/mol. The first-order valence-corrected chi connectivity index (χ1v) is 8.41. The van der Waals surface area contributed by atoms with Crippen molar-refractivity contribution in [2.75, 3.05) is 0 Å². The second-order valence-electron chi connectivity index (χ2n) is 5.93. The minimum absolute atomic E-state index is 0.315. The van der Waals surface area contributed by atoms with Crippen LogP contribution in [-0.2, 0) is 0 Å². The molecule has 4 rings (SSSR count). The Kier molecular flexibility index (Phi) is 4.45. The summed E-state index contributed by atoms with van der Waals surface area (Å²) in [6.45, 7) is 1.82. The van der Waals surface area contributed by atoms with Gasteiger partial charge in [-0.15, -0.1) is 0 Å². The first-order valence-electron chi connectivity index (χ1n) is 8.41. The van der Waals surface area contributed by atoms with Crippen molar-refractivity contribution in [2.24, 2.45) is 5.10 Å². The van der Waals surface area contributed by atoms with Crippen molar-refractivity contribution < 1.29 is 9.21 Å². The first-order chi connectivity index (χ1) is 13.2. The van der Waals surface area contributed by atoms with E-state index >= 15 is 0 Å². The number of fused-ring (bicyclic) bond motifs is 1. The van der Waals surface area contributed by atoms with Gasteiger partial charge in [0.05, 0.1) is 23.1 Å². The van der Waals surface area contributed by atoms with Crippen molar-refractivity contribution in [1.29, 1.82) is 0 Å². The number of hydrogen-bond acceptors (Lipinski definition) is 5. The van der Waals surface area contributed by atoms with Gasteiger partial charge >= 0.3 is 0 Å². The number of nitrogens with one attached hydrogen (secondary N) is 1. The Balaban J connectivity index is 1.71. The molecular weight excluding hydrogens is 340 g/mol. The number of nitrogens with zero attached hydrogens (tertiary/aromatic N) is 3. The Morgan fingerprint density at radius 3 is 2.78 bits per heavy atom. The highest BCUT2D eigenvalue weighted by molar-refractivity contribution is 6.08. The fraction of sp³-hybridized carbons (Fsp3) is 0.0476. The predicted molar refractivity (Wildman–Crippen MR) is 103 cm³/mol. The Bertz CT molecular complexity index is 1120. The summed E-state index contributed by atoms with van der Waals surface area (Å²) < 4.78 is 5.43. The smallest absolute Gasteiger partial charge is 0.272 e. The fourth-order valence-corrected chi connectivity index (χ4v) is 2.75. The molecule has 132 valence electrons. The number of benzene rings is 1. The summed E-state index contributed by atoms with van der Waals surface area (Å²) in [6, 6.07) is 16.5. The van der Waals surface area contributed by atoms with E-state index in [9.17, 15) is 4.79 Å². The summed E-state index contributed by atoms with van der Waals surface area (Å²) in [4.78, 5) is 21.5. The molecule has 4 aromatic rings. The second-order valence-corrected chi connectivity index (χ2v) is 5.93. The van der Waals surface area contributed by atoms with Gasteiger partial charge in [0, 0.05) is 23.3 Å². The van der Waals surface area contributed by atoms with Crippen molar-refractivity contribution >= 4 is 22.5 Å². The lowest BCUT2D eigenvalue weighted by atomic mass is 10.1. The Hall–Kier alpha value is -3.80. The van der Waals surface area contributed by atoms with E-state index in [4.69, 9.17) is 4.42 Å². The standard InChI is InChI=1S/C21H16N4O2/c1-14(15-6-4-10-22-13-15)24-25-21(26)17-12-19(20-9-5-11-27-20)23-18-8-3-2-7-16(17)18/h2-13H,1H3,(H,25,26)/b24-14-. The SMILES string of the molecule is C/C(=N/NC(=O)c1cc(-c2ccco2)nc2ccccc12)c1cccnc1. The second kappa shape index (κ2) is 7.21. The number of hydrogen-bond donors (Lipinski definition) is 1. The number of rotatable bonds is 4. The molecule has 0 unspecified atom stereocenters. The topological polar surface area (TPSA) is 80.4 Å². The van der Waals surface area contributed by atoms with Crippen molar-refractivity contribution in [2.45, 2.75) is 6.92 Å².